The van der Waals surface area contributed by atoms with Gasteiger partial charge in [-0.15, -0.1) is 0 Å². The maximum atomic E-state index is 5.82. The fraction of sp³-hybridized carbons (Fsp3) is 0.429. The molecular formula is C14H20N2O. The van der Waals surface area contributed by atoms with Crippen molar-refractivity contribution in [2.24, 2.45) is 0 Å². The number of nitrogen functional groups attached to an aromatic ring is 1. The number of anilines is 1. The zero-order valence-electron chi connectivity index (χ0n) is 10.7. The summed E-state index contributed by atoms with van der Waals surface area (Å²) in [6.07, 6.45) is 3.08. The fourth-order valence-corrected chi connectivity index (χ4v) is 1.89. The zero-order valence-corrected chi connectivity index (χ0v) is 10.7. The first-order valence-electron chi connectivity index (χ1n) is 5.91. The van der Waals surface area contributed by atoms with Crippen LogP contribution in [0.3, 0.4) is 0 Å². The van der Waals surface area contributed by atoms with Gasteiger partial charge in [0.05, 0.1) is 11.1 Å². The Balaban J connectivity index is 2.22. The van der Waals surface area contributed by atoms with Gasteiger partial charge in [-0.3, -0.25) is 0 Å². The van der Waals surface area contributed by atoms with E-state index in [0.717, 1.165) is 18.7 Å². The lowest BCUT2D eigenvalue weighted by Gasteiger charge is -2.23. The molecule has 0 aliphatic heterocycles. The summed E-state index contributed by atoms with van der Waals surface area (Å²) in [4.78, 5) is 0. The molecule has 0 amide bonds. The molecule has 0 saturated heterocycles. The normalized spacial score (nSPS) is 12.2. The summed E-state index contributed by atoms with van der Waals surface area (Å²) in [5.41, 5.74) is 7.74. The number of methoxy groups -OCH3 is 1. The molecule has 0 saturated carbocycles. The highest BCUT2D eigenvalue weighted by Gasteiger charge is 2.16. The van der Waals surface area contributed by atoms with E-state index >= 15 is 0 Å². The second kappa shape index (κ2) is 4.41. The topological polar surface area (TPSA) is 40.2 Å². The molecule has 0 spiro atoms. The van der Waals surface area contributed by atoms with E-state index in [-0.39, 0.29) is 5.60 Å². The predicted molar refractivity (Wildman–Crippen MR) is 72.1 cm³/mol. The van der Waals surface area contributed by atoms with E-state index in [2.05, 4.69) is 36.7 Å². The lowest BCUT2D eigenvalue weighted by molar-refractivity contribution is 0.0123. The maximum absolute atomic E-state index is 5.82. The molecular weight excluding hydrogens is 212 g/mol. The van der Waals surface area contributed by atoms with Gasteiger partial charge in [-0.1, -0.05) is 6.07 Å². The predicted octanol–water partition coefficient (Wildman–Crippen LogP) is 3.04. The van der Waals surface area contributed by atoms with E-state index in [4.69, 9.17) is 10.5 Å². The van der Waals surface area contributed by atoms with Crippen molar-refractivity contribution < 1.29 is 4.74 Å². The molecule has 2 N–H and O–H groups in total. The smallest absolute Gasteiger partial charge is 0.0639 e. The van der Waals surface area contributed by atoms with Gasteiger partial charge >= 0.3 is 0 Å². The number of rotatable bonds is 4. The number of hydrogen-bond donors (Lipinski definition) is 1. The van der Waals surface area contributed by atoms with Crippen LogP contribution in [0, 0.1) is 0 Å². The maximum Gasteiger partial charge on any atom is 0.0639 e. The van der Waals surface area contributed by atoms with Crippen molar-refractivity contribution in [1.29, 1.82) is 0 Å². The first kappa shape index (κ1) is 12.0. The van der Waals surface area contributed by atoms with Gasteiger partial charge in [-0.05, 0) is 43.9 Å². The van der Waals surface area contributed by atoms with Crippen molar-refractivity contribution in [3.63, 3.8) is 0 Å². The van der Waals surface area contributed by atoms with Gasteiger partial charge in [-0.25, -0.2) is 0 Å². The van der Waals surface area contributed by atoms with Crippen LogP contribution in [-0.2, 0) is 11.3 Å². The Kier molecular flexibility index (Phi) is 3.11. The van der Waals surface area contributed by atoms with Crippen LogP contribution in [0.1, 0.15) is 20.3 Å². The number of aryl methyl sites for hydroxylation is 1. The minimum absolute atomic E-state index is 0.0864. The van der Waals surface area contributed by atoms with Crippen molar-refractivity contribution >= 4 is 16.6 Å². The third kappa shape index (κ3) is 2.61. The lowest BCUT2D eigenvalue weighted by atomic mass is 10.1. The van der Waals surface area contributed by atoms with Crippen LogP contribution < -0.4 is 5.73 Å². The highest BCUT2D eigenvalue weighted by molar-refractivity contribution is 5.83. The summed E-state index contributed by atoms with van der Waals surface area (Å²) in [6.45, 7) is 5.15. The third-order valence-corrected chi connectivity index (χ3v) is 3.31. The van der Waals surface area contributed by atoms with E-state index in [1.54, 1.807) is 7.11 Å². The van der Waals surface area contributed by atoms with Gasteiger partial charge in [0.1, 0.15) is 0 Å². The van der Waals surface area contributed by atoms with Crippen LogP contribution in [-0.4, -0.2) is 17.3 Å². The number of nitrogens with zero attached hydrogens (tertiary/aromatic N) is 1. The van der Waals surface area contributed by atoms with Gasteiger partial charge in [0.25, 0.3) is 0 Å². The first-order valence-corrected chi connectivity index (χ1v) is 5.91. The Morgan fingerprint density at radius 1 is 1.29 bits per heavy atom. The Hall–Kier alpha value is -1.48. The van der Waals surface area contributed by atoms with E-state index < -0.39 is 0 Å². The second-order valence-corrected chi connectivity index (χ2v) is 5.04. The second-order valence-electron chi connectivity index (χ2n) is 5.04. The molecule has 3 nitrogen and oxygen atoms in total. The van der Waals surface area contributed by atoms with Gasteiger partial charge in [0.2, 0.25) is 0 Å². The van der Waals surface area contributed by atoms with Crippen molar-refractivity contribution in [1.82, 2.24) is 4.57 Å². The minimum Gasteiger partial charge on any atom is -0.399 e. The van der Waals surface area contributed by atoms with Gasteiger partial charge in [0, 0.05) is 25.5 Å². The van der Waals surface area contributed by atoms with Crippen LogP contribution in [0.15, 0.2) is 30.5 Å². The molecule has 1 aromatic carbocycles. The highest BCUT2D eigenvalue weighted by Crippen LogP contribution is 2.21. The number of nitrogens with two attached hydrogens (primary N) is 1. The Morgan fingerprint density at radius 2 is 2.06 bits per heavy atom. The summed E-state index contributed by atoms with van der Waals surface area (Å²) in [5.74, 6) is 0. The molecule has 0 aliphatic rings. The molecule has 0 unspecified atom stereocenters. The van der Waals surface area contributed by atoms with Crippen LogP contribution in [0.5, 0.6) is 0 Å². The molecule has 1 heterocycles. The fourth-order valence-electron chi connectivity index (χ4n) is 1.89. The Bertz CT molecular complexity index is 514. The molecule has 0 radical (unpaired) electrons. The van der Waals surface area contributed by atoms with Gasteiger partial charge < -0.3 is 15.0 Å². The van der Waals surface area contributed by atoms with E-state index in [1.165, 1.54) is 10.9 Å². The SMILES string of the molecule is COC(C)(C)CCn1ccc2ccc(N)cc21. The number of benzene rings is 1. The van der Waals surface area contributed by atoms with Crippen molar-refractivity contribution in [2.45, 2.75) is 32.4 Å². The lowest BCUT2D eigenvalue weighted by Crippen LogP contribution is -2.24. The molecule has 0 bridgehead atoms. The number of fused-ring (bicyclic) bond motifs is 1. The molecule has 3 heteroatoms. The van der Waals surface area contributed by atoms with E-state index in [9.17, 15) is 0 Å². The number of ether oxygens (including phenoxy) is 1. The summed E-state index contributed by atoms with van der Waals surface area (Å²) in [5, 5.41) is 1.23. The number of aromatic nitrogens is 1. The average molecular weight is 232 g/mol. The largest absolute Gasteiger partial charge is 0.399 e. The minimum atomic E-state index is -0.0864. The van der Waals surface area contributed by atoms with Crippen LogP contribution in [0.4, 0.5) is 5.69 Å². The van der Waals surface area contributed by atoms with Crippen molar-refractivity contribution in [3.05, 3.63) is 30.5 Å². The van der Waals surface area contributed by atoms with Crippen LogP contribution >= 0.6 is 0 Å². The van der Waals surface area contributed by atoms with E-state index in [1.807, 2.05) is 12.1 Å². The van der Waals surface area contributed by atoms with Gasteiger partial charge in [0.15, 0.2) is 0 Å². The summed E-state index contributed by atoms with van der Waals surface area (Å²) in [6, 6.07) is 8.14. The molecule has 0 aliphatic carbocycles. The standard InChI is InChI=1S/C14H20N2O/c1-14(2,17-3)7-9-16-8-6-11-4-5-12(15)10-13(11)16/h4-6,8,10H,7,9,15H2,1-3H3. The number of hydrogen-bond acceptors (Lipinski definition) is 2. The van der Waals surface area contributed by atoms with E-state index in [0.29, 0.717) is 0 Å². The molecule has 2 aromatic rings. The molecule has 0 fully saturated rings. The van der Waals surface area contributed by atoms with Crippen molar-refractivity contribution in [3.8, 4) is 0 Å². The van der Waals surface area contributed by atoms with Crippen molar-refractivity contribution in [2.75, 3.05) is 12.8 Å². The van der Waals surface area contributed by atoms with Crippen LogP contribution in [0.2, 0.25) is 0 Å². The quantitative estimate of drug-likeness (QED) is 0.823. The average Bonchev–Trinajstić information content (AvgIpc) is 2.69. The molecule has 0 atom stereocenters. The summed E-state index contributed by atoms with van der Waals surface area (Å²) in [7, 11) is 1.76. The molecule has 1 aromatic heterocycles. The first-order chi connectivity index (χ1) is 8.02. The summed E-state index contributed by atoms with van der Waals surface area (Å²) < 4.78 is 7.66. The zero-order chi connectivity index (χ0) is 12.5. The Labute approximate surface area is 102 Å². The molecule has 2 rings (SSSR count). The Morgan fingerprint density at radius 3 is 2.76 bits per heavy atom. The third-order valence-electron chi connectivity index (χ3n) is 3.31. The molecule has 17 heavy (non-hydrogen) atoms. The van der Waals surface area contributed by atoms with Gasteiger partial charge in [-0.2, -0.15) is 0 Å². The molecule has 92 valence electrons. The van der Waals surface area contributed by atoms with Crippen LogP contribution in [0.25, 0.3) is 10.9 Å². The monoisotopic (exact) mass is 232 g/mol. The highest BCUT2D eigenvalue weighted by atomic mass is 16.5. The summed E-state index contributed by atoms with van der Waals surface area (Å²) >= 11 is 0.